The van der Waals surface area contributed by atoms with Gasteiger partial charge in [0.15, 0.2) is 0 Å². The Balaban J connectivity index is 2.18. The summed E-state index contributed by atoms with van der Waals surface area (Å²) in [6.07, 6.45) is 0. The van der Waals surface area contributed by atoms with Gasteiger partial charge in [0, 0.05) is 19.2 Å². The van der Waals surface area contributed by atoms with Gasteiger partial charge in [0.05, 0.1) is 31.4 Å². The second-order valence-electron chi connectivity index (χ2n) is 7.41. The molecule has 3 rings (SSSR count). The van der Waals surface area contributed by atoms with E-state index in [1.165, 1.54) is 43.4 Å². The fraction of sp³-hybridized carbons (Fsp3) is 0.304. The second-order valence-corrected chi connectivity index (χ2v) is 7.41. The zero-order valence-corrected chi connectivity index (χ0v) is 17.9. The van der Waals surface area contributed by atoms with E-state index in [0.29, 0.717) is 17.9 Å². The number of amides is 1. The van der Waals surface area contributed by atoms with Crippen LogP contribution >= 0.6 is 0 Å². The van der Waals surface area contributed by atoms with Crippen LogP contribution in [-0.2, 0) is 9.59 Å². The summed E-state index contributed by atoms with van der Waals surface area (Å²) in [5.41, 5.74) is 0.702. The van der Waals surface area contributed by atoms with Gasteiger partial charge in [0.2, 0.25) is 0 Å². The fourth-order valence-electron chi connectivity index (χ4n) is 3.55. The molecule has 0 aliphatic carbocycles. The van der Waals surface area contributed by atoms with Crippen molar-refractivity contribution in [1.82, 2.24) is 9.80 Å². The first kappa shape index (κ1) is 22.3. The number of Topliss-reactive ketones (excluding diaryl/α,β-unsaturated/α-hetero) is 1. The SMILES string of the molecule is COc1ccc(C(O)=C2C(=O)C(=O)N(CCN(C)C)C2c2ccc(F)cc2)c(OC)c1. The number of likely N-dealkylation sites (N-methyl/N-ethyl adjacent to an activating group) is 1. The summed E-state index contributed by atoms with van der Waals surface area (Å²) in [6, 6.07) is 9.43. The second kappa shape index (κ2) is 9.18. The maximum Gasteiger partial charge on any atom is 0.295 e. The highest BCUT2D eigenvalue weighted by Gasteiger charge is 2.46. The van der Waals surface area contributed by atoms with E-state index in [1.54, 1.807) is 18.2 Å². The summed E-state index contributed by atoms with van der Waals surface area (Å²) in [5, 5.41) is 11.1. The number of nitrogens with zero attached hydrogens (tertiary/aromatic N) is 2. The Bertz CT molecular complexity index is 1020. The Morgan fingerprint density at radius 3 is 2.35 bits per heavy atom. The van der Waals surface area contributed by atoms with Crippen LogP contribution in [0.15, 0.2) is 48.0 Å². The van der Waals surface area contributed by atoms with Gasteiger partial charge in [0.1, 0.15) is 23.1 Å². The molecule has 1 fully saturated rings. The molecule has 164 valence electrons. The van der Waals surface area contributed by atoms with Crippen molar-refractivity contribution >= 4 is 17.4 Å². The Labute approximate surface area is 180 Å². The van der Waals surface area contributed by atoms with Crippen LogP contribution in [0.25, 0.3) is 5.76 Å². The minimum absolute atomic E-state index is 0.0705. The first-order valence-corrected chi connectivity index (χ1v) is 9.69. The Morgan fingerprint density at radius 1 is 1.10 bits per heavy atom. The van der Waals surface area contributed by atoms with Gasteiger partial charge in [-0.25, -0.2) is 4.39 Å². The summed E-state index contributed by atoms with van der Waals surface area (Å²) in [4.78, 5) is 29.1. The van der Waals surface area contributed by atoms with Crippen LogP contribution in [-0.4, -0.2) is 68.0 Å². The molecule has 1 unspecified atom stereocenters. The molecule has 31 heavy (non-hydrogen) atoms. The third-order valence-corrected chi connectivity index (χ3v) is 5.18. The number of halogens is 1. The quantitative estimate of drug-likeness (QED) is 0.415. The summed E-state index contributed by atoms with van der Waals surface area (Å²) in [6.45, 7) is 0.771. The Morgan fingerprint density at radius 2 is 1.77 bits per heavy atom. The van der Waals surface area contributed by atoms with Crippen LogP contribution in [0, 0.1) is 5.82 Å². The first-order valence-electron chi connectivity index (χ1n) is 9.69. The molecule has 1 aliphatic rings. The third-order valence-electron chi connectivity index (χ3n) is 5.18. The van der Waals surface area contributed by atoms with Crippen molar-refractivity contribution in [3.8, 4) is 11.5 Å². The molecule has 0 saturated carbocycles. The van der Waals surface area contributed by atoms with E-state index in [2.05, 4.69) is 0 Å². The standard InChI is InChI=1S/C23H25FN2O5/c1-25(2)11-12-26-20(14-5-7-15(24)8-6-14)19(22(28)23(26)29)21(27)17-10-9-16(30-3)13-18(17)31-4/h5-10,13,20,27H,11-12H2,1-4H3. The number of carbonyl (C=O) groups excluding carboxylic acids is 2. The maximum absolute atomic E-state index is 13.5. The molecule has 1 aliphatic heterocycles. The molecular formula is C23H25FN2O5. The van der Waals surface area contributed by atoms with Crippen LogP contribution < -0.4 is 9.47 Å². The van der Waals surface area contributed by atoms with Gasteiger partial charge in [-0.15, -0.1) is 0 Å². The molecule has 8 heteroatoms. The molecule has 1 N–H and O–H groups in total. The molecule has 2 aromatic rings. The molecule has 7 nitrogen and oxygen atoms in total. The number of aliphatic hydroxyl groups excluding tert-OH is 1. The summed E-state index contributed by atoms with van der Waals surface area (Å²) >= 11 is 0. The number of hydrogen-bond acceptors (Lipinski definition) is 6. The molecule has 1 heterocycles. The highest BCUT2D eigenvalue weighted by atomic mass is 19.1. The van der Waals surface area contributed by atoms with Crippen LogP contribution in [0.3, 0.4) is 0 Å². The van der Waals surface area contributed by atoms with Crippen LogP contribution in [0.1, 0.15) is 17.2 Å². The van der Waals surface area contributed by atoms with E-state index in [0.717, 1.165) is 0 Å². The third kappa shape index (κ3) is 4.39. The highest BCUT2D eigenvalue weighted by molar-refractivity contribution is 6.46. The van der Waals surface area contributed by atoms with Crippen molar-refractivity contribution in [3.63, 3.8) is 0 Å². The van der Waals surface area contributed by atoms with Gasteiger partial charge in [-0.3, -0.25) is 9.59 Å². The fourth-order valence-corrected chi connectivity index (χ4v) is 3.55. The predicted molar refractivity (Wildman–Crippen MR) is 114 cm³/mol. The minimum Gasteiger partial charge on any atom is -0.507 e. The van der Waals surface area contributed by atoms with Gasteiger partial charge in [-0.2, -0.15) is 0 Å². The van der Waals surface area contributed by atoms with Crippen LogP contribution in [0.2, 0.25) is 0 Å². The van der Waals surface area contributed by atoms with Crippen molar-refractivity contribution < 1.29 is 28.6 Å². The van der Waals surface area contributed by atoms with E-state index >= 15 is 0 Å². The lowest BCUT2D eigenvalue weighted by Gasteiger charge is -2.26. The van der Waals surface area contributed by atoms with Crippen LogP contribution in [0.4, 0.5) is 4.39 Å². The van der Waals surface area contributed by atoms with Gasteiger partial charge in [-0.1, -0.05) is 12.1 Å². The number of aliphatic hydroxyl groups is 1. The number of benzene rings is 2. The lowest BCUT2D eigenvalue weighted by Crippen LogP contribution is -2.35. The normalized spacial score (nSPS) is 18.0. The van der Waals surface area contributed by atoms with Crippen LogP contribution in [0.5, 0.6) is 11.5 Å². The molecule has 0 aromatic heterocycles. The van der Waals surface area contributed by atoms with Gasteiger partial charge in [-0.05, 0) is 43.9 Å². The molecule has 0 radical (unpaired) electrons. The Hall–Kier alpha value is -3.39. The average molecular weight is 428 g/mol. The summed E-state index contributed by atoms with van der Waals surface area (Å²) in [5.74, 6) is -1.52. The first-order chi connectivity index (χ1) is 14.8. The van der Waals surface area contributed by atoms with Crippen molar-refractivity contribution in [1.29, 1.82) is 0 Å². The zero-order valence-electron chi connectivity index (χ0n) is 17.9. The Kier molecular flexibility index (Phi) is 6.60. The largest absolute Gasteiger partial charge is 0.507 e. The van der Waals surface area contributed by atoms with Gasteiger partial charge >= 0.3 is 0 Å². The van der Waals surface area contributed by atoms with Gasteiger partial charge in [0.25, 0.3) is 11.7 Å². The lowest BCUT2D eigenvalue weighted by atomic mass is 9.95. The average Bonchev–Trinajstić information content (AvgIpc) is 3.01. The number of ketones is 1. The smallest absolute Gasteiger partial charge is 0.295 e. The number of likely N-dealkylation sites (tertiary alicyclic amines) is 1. The topological polar surface area (TPSA) is 79.3 Å². The highest BCUT2D eigenvalue weighted by Crippen LogP contribution is 2.41. The summed E-state index contributed by atoms with van der Waals surface area (Å²) in [7, 11) is 6.63. The summed E-state index contributed by atoms with van der Waals surface area (Å²) < 4.78 is 24.1. The predicted octanol–water partition coefficient (Wildman–Crippen LogP) is 2.83. The number of ether oxygens (including phenoxy) is 2. The monoisotopic (exact) mass is 428 g/mol. The maximum atomic E-state index is 13.5. The minimum atomic E-state index is -0.854. The molecule has 0 bridgehead atoms. The molecule has 0 spiro atoms. The molecule has 1 saturated heterocycles. The van der Waals surface area contributed by atoms with E-state index < -0.39 is 23.5 Å². The zero-order chi connectivity index (χ0) is 22.7. The lowest BCUT2D eigenvalue weighted by molar-refractivity contribution is -0.140. The van der Waals surface area contributed by atoms with E-state index in [-0.39, 0.29) is 29.2 Å². The molecule has 1 atom stereocenters. The van der Waals surface area contributed by atoms with E-state index in [9.17, 15) is 19.1 Å². The van der Waals surface area contributed by atoms with E-state index in [4.69, 9.17) is 9.47 Å². The molecular weight excluding hydrogens is 403 g/mol. The molecule has 2 aromatic carbocycles. The van der Waals surface area contributed by atoms with E-state index in [1.807, 2.05) is 19.0 Å². The van der Waals surface area contributed by atoms with Gasteiger partial charge < -0.3 is 24.4 Å². The van der Waals surface area contributed by atoms with Crippen molar-refractivity contribution in [2.45, 2.75) is 6.04 Å². The van der Waals surface area contributed by atoms with Crippen molar-refractivity contribution in [2.75, 3.05) is 41.4 Å². The molecule has 1 amide bonds. The number of hydrogen-bond donors (Lipinski definition) is 1. The number of rotatable bonds is 7. The number of carbonyl (C=O) groups is 2. The number of methoxy groups -OCH3 is 2. The van der Waals surface area contributed by atoms with Crippen molar-refractivity contribution in [3.05, 3.63) is 65.0 Å². The van der Waals surface area contributed by atoms with Crippen molar-refractivity contribution in [2.24, 2.45) is 0 Å².